The molecule has 2 aromatic carbocycles. The molecule has 0 fully saturated rings. The number of aromatic nitrogens is 1. The lowest BCUT2D eigenvalue weighted by Gasteiger charge is -2.06. The normalized spacial score (nSPS) is 10.4. The number of benzene rings is 2. The molecule has 0 spiro atoms. The number of rotatable bonds is 4. The Kier molecular flexibility index (Phi) is 4.75. The minimum absolute atomic E-state index is 0.0869. The maximum Gasteiger partial charge on any atom is 0.340 e. The maximum atomic E-state index is 12.5. The fraction of sp³-hybridized carbons (Fsp3) is 0.100. The van der Waals surface area contributed by atoms with Gasteiger partial charge >= 0.3 is 11.9 Å². The van der Waals surface area contributed by atoms with Crippen molar-refractivity contribution in [2.75, 3.05) is 14.2 Å². The highest BCUT2D eigenvalue weighted by molar-refractivity contribution is 6.11. The summed E-state index contributed by atoms with van der Waals surface area (Å²) in [5.74, 6) is -1.21. The molecule has 2 N–H and O–H groups in total. The van der Waals surface area contributed by atoms with E-state index in [0.717, 1.165) is 5.56 Å². The van der Waals surface area contributed by atoms with Gasteiger partial charge in [0.25, 0.3) is 0 Å². The fourth-order valence-electron chi connectivity index (χ4n) is 2.78. The van der Waals surface area contributed by atoms with Crippen LogP contribution in [-0.4, -0.2) is 36.2 Å². The third kappa shape index (κ3) is 3.04. The lowest BCUT2D eigenvalue weighted by atomic mass is 10.0. The number of ether oxygens (including phenoxy) is 2. The summed E-state index contributed by atoms with van der Waals surface area (Å²) >= 11 is 0. The highest BCUT2D eigenvalue weighted by atomic mass is 16.5. The van der Waals surface area contributed by atoms with Crippen LogP contribution in [0, 0.1) is 0 Å². The van der Waals surface area contributed by atoms with Crippen LogP contribution in [0.25, 0.3) is 22.5 Å². The average Bonchev–Trinajstić information content (AvgIpc) is 3.08. The van der Waals surface area contributed by atoms with Crippen molar-refractivity contribution in [2.45, 2.75) is 0 Å². The summed E-state index contributed by atoms with van der Waals surface area (Å²) in [6.07, 6.45) is 0. The number of esters is 2. The van der Waals surface area contributed by atoms with Gasteiger partial charge in [0.15, 0.2) is 0 Å². The van der Waals surface area contributed by atoms with E-state index < -0.39 is 11.9 Å². The highest BCUT2D eigenvalue weighted by Gasteiger charge is 2.30. The molecule has 6 nitrogen and oxygen atoms in total. The van der Waals surface area contributed by atoms with Gasteiger partial charge in [0, 0.05) is 0 Å². The Hall–Kier alpha value is -3.54. The molecule has 0 radical (unpaired) electrons. The van der Waals surface area contributed by atoms with Crippen molar-refractivity contribution in [3.8, 4) is 28.3 Å². The predicted octanol–water partition coefficient (Wildman–Crippen LogP) is 3.63. The van der Waals surface area contributed by atoms with Gasteiger partial charge in [-0.25, -0.2) is 9.59 Å². The number of aromatic amines is 1. The smallest absolute Gasteiger partial charge is 0.340 e. The largest absolute Gasteiger partial charge is 0.508 e. The Morgan fingerprint density at radius 3 is 1.69 bits per heavy atom. The molecule has 0 amide bonds. The number of methoxy groups -OCH3 is 2. The Morgan fingerprint density at radius 2 is 1.23 bits per heavy atom. The van der Waals surface area contributed by atoms with Crippen molar-refractivity contribution in [3.63, 3.8) is 0 Å². The topological polar surface area (TPSA) is 88.6 Å². The van der Waals surface area contributed by atoms with Crippen LogP contribution in [0.2, 0.25) is 0 Å². The van der Waals surface area contributed by atoms with Gasteiger partial charge in [-0.05, 0) is 35.4 Å². The average molecular weight is 351 g/mol. The van der Waals surface area contributed by atoms with Gasteiger partial charge in [-0.1, -0.05) is 30.3 Å². The van der Waals surface area contributed by atoms with Crippen LogP contribution in [0.15, 0.2) is 54.6 Å². The van der Waals surface area contributed by atoms with Crippen molar-refractivity contribution in [3.05, 3.63) is 65.7 Å². The van der Waals surface area contributed by atoms with E-state index in [4.69, 9.17) is 9.47 Å². The van der Waals surface area contributed by atoms with Crippen molar-refractivity contribution >= 4 is 11.9 Å². The molecule has 0 atom stereocenters. The summed E-state index contributed by atoms with van der Waals surface area (Å²) in [6.45, 7) is 0. The van der Waals surface area contributed by atoms with Crippen LogP contribution in [0.1, 0.15) is 20.7 Å². The number of carbonyl (C=O) groups excluding carboxylic acids is 2. The summed E-state index contributed by atoms with van der Waals surface area (Å²) in [5.41, 5.74) is 2.41. The molecule has 0 saturated carbocycles. The Bertz CT molecular complexity index is 942. The first-order valence-electron chi connectivity index (χ1n) is 7.84. The van der Waals surface area contributed by atoms with E-state index in [1.165, 1.54) is 26.4 Å². The van der Waals surface area contributed by atoms with Gasteiger partial charge < -0.3 is 19.6 Å². The second kappa shape index (κ2) is 7.14. The van der Waals surface area contributed by atoms with Crippen molar-refractivity contribution in [1.29, 1.82) is 0 Å². The van der Waals surface area contributed by atoms with Crippen LogP contribution in [0.3, 0.4) is 0 Å². The molecular formula is C20H17NO5. The molecule has 0 aliphatic carbocycles. The predicted molar refractivity (Wildman–Crippen MR) is 96.0 cm³/mol. The van der Waals surface area contributed by atoms with Crippen LogP contribution in [-0.2, 0) is 9.47 Å². The first-order chi connectivity index (χ1) is 12.6. The van der Waals surface area contributed by atoms with E-state index in [-0.39, 0.29) is 16.9 Å². The van der Waals surface area contributed by atoms with E-state index in [1.807, 2.05) is 30.3 Å². The number of aromatic hydroxyl groups is 1. The number of hydrogen-bond donors (Lipinski definition) is 2. The molecule has 3 rings (SSSR count). The van der Waals surface area contributed by atoms with Crippen LogP contribution >= 0.6 is 0 Å². The molecule has 3 aromatic rings. The summed E-state index contributed by atoms with van der Waals surface area (Å²) in [5, 5.41) is 9.52. The third-order valence-corrected chi connectivity index (χ3v) is 4.00. The number of H-pyrrole nitrogens is 1. The van der Waals surface area contributed by atoms with E-state index >= 15 is 0 Å². The molecule has 0 aliphatic rings. The lowest BCUT2D eigenvalue weighted by molar-refractivity contribution is 0.0558. The molecule has 0 saturated heterocycles. The zero-order valence-electron chi connectivity index (χ0n) is 14.3. The van der Waals surface area contributed by atoms with Crippen LogP contribution in [0.5, 0.6) is 5.75 Å². The van der Waals surface area contributed by atoms with E-state index in [1.54, 1.807) is 12.1 Å². The molecule has 6 heteroatoms. The number of nitrogens with one attached hydrogen (secondary N) is 1. The number of phenols is 1. The Morgan fingerprint density at radius 1 is 0.769 bits per heavy atom. The summed E-state index contributed by atoms with van der Waals surface area (Å²) in [6, 6.07) is 15.4. The minimum atomic E-state index is -0.660. The quantitative estimate of drug-likeness (QED) is 0.701. The molecule has 0 aliphatic heterocycles. The van der Waals surface area contributed by atoms with Crippen molar-refractivity contribution in [1.82, 2.24) is 4.98 Å². The number of carbonyl (C=O) groups is 2. The van der Waals surface area contributed by atoms with Crippen molar-refractivity contribution < 1.29 is 24.2 Å². The zero-order chi connectivity index (χ0) is 18.7. The number of hydrogen-bond acceptors (Lipinski definition) is 5. The van der Waals surface area contributed by atoms with Gasteiger partial charge in [0.1, 0.15) is 16.9 Å². The van der Waals surface area contributed by atoms with Gasteiger partial charge in [-0.15, -0.1) is 0 Å². The van der Waals surface area contributed by atoms with Gasteiger partial charge in [0.05, 0.1) is 25.6 Å². The van der Waals surface area contributed by atoms with Gasteiger partial charge in [-0.3, -0.25) is 0 Å². The molecule has 0 unspecified atom stereocenters. The van der Waals surface area contributed by atoms with Crippen LogP contribution < -0.4 is 0 Å². The molecule has 132 valence electrons. The monoisotopic (exact) mass is 351 g/mol. The first-order valence-corrected chi connectivity index (χ1v) is 7.84. The Balaban J connectivity index is 2.33. The van der Waals surface area contributed by atoms with Gasteiger partial charge in [-0.2, -0.15) is 0 Å². The summed E-state index contributed by atoms with van der Waals surface area (Å²) in [7, 11) is 2.50. The SMILES string of the molecule is COC(=O)c1c(-c2ccccc2)[nH]c(-c2ccc(O)cc2)c1C(=O)OC. The van der Waals surface area contributed by atoms with E-state index in [0.29, 0.717) is 17.0 Å². The minimum Gasteiger partial charge on any atom is -0.508 e. The molecule has 26 heavy (non-hydrogen) atoms. The summed E-state index contributed by atoms with van der Waals surface area (Å²) in [4.78, 5) is 28.1. The second-order valence-electron chi connectivity index (χ2n) is 5.52. The third-order valence-electron chi connectivity index (χ3n) is 4.00. The lowest BCUT2D eigenvalue weighted by Crippen LogP contribution is -2.11. The molecule has 1 aromatic heterocycles. The first kappa shape index (κ1) is 17.3. The Labute approximate surface area is 150 Å². The second-order valence-corrected chi connectivity index (χ2v) is 5.52. The molecule has 1 heterocycles. The number of phenolic OH excluding ortho intramolecular Hbond substituents is 1. The zero-order valence-corrected chi connectivity index (χ0v) is 14.3. The standard InChI is InChI=1S/C20H17NO5/c1-25-19(23)15-16(20(24)26-2)18(13-8-10-14(22)11-9-13)21-17(15)12-6-4-3-5-7-12/h3-11,21-22H,1-2H3. The fourth-order valence-corrected chi connectivity index (χ4v) is 2.78. The maximum absolute atomic E-state index is 12.5. The molecule has 0 bridgehead atoms. The highest BCUT2D eigenvalue weighted by Crippen LogP contribution is 2.35. The van der Waals surface area contributed by atoms with E-state index in [2.05, 4.69) is 4.98 Å². The van der Waals surface area contributed by atoms with E-state index in [9.17, 15) is 14.7 Å². The van der Waals surface area contributed by atoms with Gasteiger partial charge in [0.2, 0.25) is 0 Å². The molecular weight excluding hydrogens is 334 g/mol. The van der Waals surface area contributed by atoms with Crippen LogP contribution in [0.4, 0.5) is 0 Å². The van der Waals surface area contributed by atoms with Crippen molar-refractivity contribution in [2.24, 2.45) is 0 Å². The summed E-state index contributed by atoms with van der Waals surface area (Å²) < 4.78 is 9.79.